The van der Waals surface area contributed by atoms with Gasteiger partial charge < -0.3 is 5.32 Å². The van der Waals surface area contributed by atoms with E-state index in [-0.39, 0.29) is 0 Å². The van der Waals surface area contributed by atoms with Crippen molar-refractivity contribution >= 4 is 50.2 Å². The second-order valence-electron chi connectivity index (χ2n) is 3.83. The summed E-state index contributed by atoms with van der Waals surface area (Å²) in [4.78, 5) is 8.84. The Morgan fingerprint density at radius 2 is 2.21 bits per heavy atom. The van der Waals surface area contributed by atoms with Gasteiger partial charge in [0.1, 0.15) is 5.82 Å². The SMILES string of the molecule is CSc1nc(Nc2cccc(Br)c2)c2cn[nH]c2n1. The smallest absolute Gasteiger partial charge is 0.191 e. The first-order chi connectivity index (χ1) is 9.26. The molecule has 0 saturated heterocycles. The van der Waals surface area contributed by atoms with Crippen LogP contribution in [0.15, 0.2) is 40.1 Å². The lowest BCUT2D eigenvalue weighted by Gasteiger charge is -2.07. The lowest BCUT2D eigenvalue weighted by molar-refractivity contribution is 0.988. The zero-order valence-electron chi connectivity index (χ0n) is 10.0. The van der Waals surface area contributed by atoms with Crippen molar-refractivity contribution in [2.45, 2.75) is 5.16 Å². The number of anilines is 2. The minimum Gasteiger partial charge on any atom is -0.339 e. The second-order valence-corrected chi connectivity index (χ2v) is 5.52. The molecule has 1 aromatic carbocycles. The molecular formula is C12H10BrN5S. The van der Waals surface area contributed by atoms with E-state index in [1.807, 2.05) is 30.5 Å². The number of hydrogen-bond acceptors (Lipinski definition) is 5. The number of thioether (sulfide) groups is 1. The zero-order valence-corrected chi connectivity index (χ0v) is 12.4. The first-order valence-corrected chi connectivity index (χ1v) is 7.56. The molecule has 0 unspecified atom stereocenters. The number of H-pyrrole nitrogens is 1. The van der Waals surface area contributed by atoms with Crippen molar-refractivity contribution in [1.82, 2.24) is 20.2 Å². The molecule has 2 N–H and O–H groups in total. The van der Waals surface area contributed by atoms with Gasteiger partial charge in [-0.3, -0.25) is 5.10 Å². The van der Waals surface area contributed by atoms with Crippen molar-refractivity contribution in [2.24, 2.45) is 0 Å². The van der Waals surface area contributed by atoms with Gasteiger partial charge in [0.25, 0.3) is 0 Å². The number of aromatic nitrogens is 4. The molecule has 2 aromatic heterocycles. The van der Waals surface area contributed by atoms with Gasteiger partial charge >= 0.3 is 0 Å². The number of benzene rings is 1. The summed E-state index contributed by atoms with van der Waals surface area (Å²) in [5.74, 6) is 0.751. The molecule has 0 aliphatic rings. The van der Waals surface area contributed by atoms with Crippen LogP contribution in [0.3, 0.4) is 0 Å². The van der Waals surface area contributed by atoms with Gasteiger partial charge in [-0.25, -0.2) is 9.97 Å². The van der Waals surface area contributed by atoms with Gasteiger partial charge in [-0.2, -0.15) is 5.10 Å². The molecule has 0 aliphatic carbocycles. The van der Waals surface area contributed by atoms with E-state index in [0.717, 1.165) is 27.0 Å². The molecule has 0 spiro atoms. The van der Waals surface area contributed by atoms with E-state index in [2.05, 4.69) is 41.4 Å². The fourth-order valence-electron chi connectivity index (χ4n) is 1.70. The maximum absolute atomic E-state index is 4.48. The molecule has 96 valence electrons. The van der Waals surface area contributed by atoms with Gasteiger partial charge in [-0.05, 0) is 24.5 Å². The molecule has 3 aromatic rings. The first-order valence-electron chi connectivity index (χ1n) is 5.54. The maximum Gasteiger partial charge on any atom is 0.191 e. The van der Waals surface area contributed by atoms with E-state index in [4.69, 9.17) is 0 Å². The highest BCUT2D eigenvalue weighted by Gasteiger charge is 2.09. The molecule has 0 bridgehead atoms. The number of nitrogens with one attached hydrogen (secondary N) is 2. The van der Waals surface area contributed by atoms with Crippen LogP contribution in [0.4, 0.5) is 11.5 Å². The van der Waals surface area contributed by atoms with Crippen LogP contribution in [0, 0.1) is 0 Å². The number of aromatic amines is 1. The molecule has 2 heterocycles. The molecule has 0 fully saturated rings. The van der Waals surface area contributed by atoms with E-state index in [9.17, 15) is 0 Å². The van der Waals surface area contributed by atoms with Gasteiger partial charge in [0.15, 0.2) is 10.8 Å². The highest BCUT2D eigenvalue weighted by molar-refractivity contribution is 9.10. The molecule has 5 nitrogen and oxygen atoms in total. The average Bonchev–Trinajstić information content (AvgIpc) is 2.87. The summed E-state index contributed by atoms with van der Waals surface area (Å²) in [6.45, 7) is 0. The van der Waals surface area contributed by atoms with Crippen LogP contribution in [0.1, 0.15) is 0 Å². The summed E-state index contributed by atoms with van der Waals surface area (Å²) in [5.41, 5.74) is 1.69. The third kappa shape index (κ3) is 2.57. The summed E-state index contributed by atoms with van der Waals surface area (Å²) in [7, 11) is 0. The third-order valence-electron chi connectivity index (χ3n) is 2.56. The van der Waals surface area contributed by atoms with Crippen LogP contribution >= 0.6 is 27.7 Å². The Kier molecular flexibility index (Phi) is 3.39. The lowest BCUT2D eigenvalue weighted by atomic mass is 10.3. The number of hydrogen-bond donors (Lipinski definition) is 2. The van der Waals surface area contributed by atoms with Crippen LogP contribution in [0.25, 0.3) is 11.0 Å². The monoisotopic (exact) mass is 335 g/mol. The number of rotatable bonds is 3. The Labute approximate surface area is 122 Å². The molecule has 0 atom stereocenters. The van der Waals surface area contributed by atoms with E-state index in [1.165, 1.54) is 11.8 Å². The largest absolute Gasteiger partial charge is 0.339 e. The average molecular weight is 336 g/mol. The van der Waals surface area contributed by atoms with Crippen LogP contribution in [-0.4, -0.2) is 26.4 Å². The summed E-state index contributed by atoms with van der Waals surface area (Å²) in [6.07, 6.45) is 3.67. The molecule has 19 heavy (non-hydrogen) atoms. The Hall–Kier alpha value is -1.60. The predicted octanol–water partition coefficient (Wildman–Crippen LogP) is 3.58. The number of fused-ring (bicyclic) bond motifs is 1. The quantitative estimate of drug-likeness (QED) is 0.565. The fraction of sp³-hybridized carbons (Fsp3) is 0.0833. The Morgan fingerprint density at radius 1 is 1.32 bits per heavy atom. The highest BCUT2D eigenvalue weighted by atomic mass is 79.9. The van der Waals surface area contributed by atoms with Crippen molar-refractivity contribution < 1.29 is 0 Å². The molecule has 7 heteroatoms. The minimum atomic E-state index is 0.703. The van der Waals surface area contributed by atoms with Crippen molar-refractivity contribution in [3.05, 3.63) is 34.9 Å². The predicted molar refractivity (Wildman–Crippen MR) is 80.9 cm³/mol. The molecule has 0 radical (unpaired) electrons. The van der Waals surface area contributed by atoms with E-state index in [0.29, 0.717) is 5.16 Å². The highest BCUT2D eigenvalue weighted by Crippen LogP contribution is 2.26. The van der Waals surface area contributed by atoms with Gasteiger partial charge in [0, 0.05) is 10.2 Å². The number of halogens is 1. The van der Waals surface area contributed by atoms with E-state index < -0.39 is 0 Å². The summed E-state index contributed by atoms with van der Waals surface area (Å²) in [5, 5.41) is 11.7. The van der Waals surface area contributed by atoms with Gasteiger partial charge in [0.2, 0.25) is 0 Å². The Bertz CT molecular complexity index is 727. The van der Waals surface area contributed by atoms with Crippen molar-refractivity contribution in [2.75, 3.05) is 11.6 Å². The van der Waals surface area contributed by atoms with Crippen molar-refractivity contribution in [3.63, 3.8) is 0 Å². The third-order valence-corrected chi connectivity index (χ3v) is 3.60. The van der Waals surface area contributed by atoms with Crippen molar-refractivity contribution in [1.29, 1.82) is 0 Å². The molecule has 3 rings (SSSR count). The van der Waals surface area contributed by atoms with E-state index >= 15 is 0 Å². The molecular weight excluding hydrogens is 326 g/mol. The fourth-order valence-corrected chi connectivity index (χ4v) is 2.47. The summed E-state index contributed by atoms with van der Waals surface area (Å²) >= 11 is 4.95. The summed E-state index contributed by atoms with van der Waals surface area (Å²) < 4.78 is 1.01. The van der Waals surface area contributed by atoms with Crippen LogP contribution < -0.4 is 5.32 Å². The normalized spacial score (nSPS) is 10.8. The van der Waals surface area contributed by atoms with Gasteiger partial charge in [-0.15, -0.1) is 0 Å². The molecule has 0 aliphatic heterocycles. The van der Waals surface area contributed by atoms with Crippen LogP contribution in [-0.2, 0) is 0 Å². The van der Waals surface area contributed by atoms with Gasteiger partial charge in [0.05, 0.1) is 11.6 Å². The second kappa shape index (κ2) is 5.18. The van der Waals surface area contributed by atoms with Crippen molar-refractivity contribution in [3.8, 4) is 0 Å². The molecule has 0 amide bonds. The molecule has 0 saturated carbocycles. The minimum absolute atomic E-state index is 0.703. The Morgan fingerprint density at radius 3 is 3.00 bits per heavy atom. The number of nitrogens with zero attached hydrogens (tertiary/aromatic N) is 3. The first kappa shape index (κ1) is 12.4. The van der Waals surface area contributed by atoms with Crippen LogP contribution in [0.2, 0.25) is 0 Å². The van der Waals surface area contributed by atoms with Gasteiger partial charge in [-0.1, -0.05) is 33.8 Å². The zero-order chi connectivity index (χ0) is 13.2. The lowest BCUT2D eigenvalue weighted by Crippen LogP contribution is -1.97. The van der Waals surface area contributed by atoms with E-state index in [1.54, 1.807) is 6.20 Å². The van der Waals surface area contributed by atoms with Crippen LogP contribution in [0.5, 0.6) is 0 Å². The topological polar surface area (TPSA) is 66.5 Å². The Balaban J connectivity index is 2.06. The maximum atomic E-state index is 4.48. The standard InChI is InChI=1S/C12H10BrN5S/c1-19-12-16-10(9-6-14-18-11(9)17-12)15-8-4-2-3-7(13)5-8/h2-6H,1H3,(H2,14,15,16,17,18). The summed E-state index contributed by atoms with van der Waals surface area (Å²) in [6, 6.07) is 7.92.